The Kier molecular flexibility index (Phi) is 4.18. The molecule has 0 aliphatic carbocycles. The van der Waals surface area contributed by atoms with E-state index in [4.69, 9.17) is 9.15 Å². The van der Waals surface area contributed by atoms with Gasteiger partial charge in [-0.15, -0.1) is 0 Å². The summed E-state index contributed by atoms with van der Waals surface area (Å²) in [6.07, 6.45) is 0. The van der Waals surface area contributed by atoms with Crippen LogP contribution in [0.2, 0.25) is 0 Å². The van der Waals surface area contributed by atoms with Gasteiger partial charge in [0.15, 0.2) is 5.76 Å². The predicted octanol–water partition coefficient (Wildman–Crippen LogP) is 2.13. The Morgan fingerprint density at radius 3 is 3.00 bits per heavy atom. The van der Waals surface area contributed by atoms with Crippen molar-refractivity contribution in [2.45, 2.75) is 13.8 Å². The van der Waals surface area contributed by atoms with E-state index in [2.05, 4.69) is 0 Å². The van der Waals surface area contributed by atoms with Crippen molar-refractivity contribution in [2.75, 3.05) is 32.9 Å². The minimum absolute atomic E-state index is 0.0160. The summed E-state index contributed by atoms with van der Waals surface area (Å²) in [6.45, 7) is 5.90. The van der Waals surface area contributed by atoms with Gasteiger partial charge in [0.05, 0.1) is 13.2 Å². The summed E-state index contributed by atoms with van der Waals surface area (Å²) in [7, 11) is 0. The quantitative estimate of drug-likeness (QED) is 0.923. The molecule has 1 fully saturated rings. The first-order chi connectivity index (χ1) is 10.6. The summed E-state index contributed by atoms with van der Waals surface area (Å²) in [6, 6.07) is 5.95. The number of aryl methyl sites for hydroxylation is 2. The Hall–Kier alpha value is -1.85. The van der Waals surface area contributed by atoms with Crippen LogP contribution in [0.25, 0.3) is 11.0 Å². The number of amides is 1. The van der Waals surface area contributed by atoms with Gasteiger partial charge in [0, 0.05) is 36.6 Å². The minimum Gasteiger partial charge on any atom is -0.451 e. The Morgan fingerprint density at radius 2 is 2.23 bits per heavy atom. The number of furan rings is 1. The molecule has 5 heteroatoms. The average Bonchev–Trinajstić information content (AvgIpc) is 2.71. The molecule has 1 amide bonds. The van der Waals surface area contributed by atoms with Crippen molar-refractivity contribution in [3.63, 3.8) is 0 Å². The van der Waals surface area contributed by atoms with Crippen molar-refractivity contribution in [3.8, 4) is 0 Å². The van der Waals surface area contributed by atoms with Crippen molar-refractivity contribution in [1.29, 1.82) is 0 Å². The average molecular weight is 303 g/mol. The maximum atomic E-state index is 12.8. The Morgan fingerprint density at radius 1 is 1.41 bits per heavy atom. The lowest BCUT2D eigenvalue weighted by Gasteiger charge is -2.21. The second-order valence-corrected chi connectivity index (χ2v) is 5.93. The van der Waals surface area contributed by atoms with Crippen LogP contribution < -0.4 is 0 Å². The highest BCUT2D eigenvalue weighted by atomic mass is 16.5. The van der Waals surface area contributed by atoms with Crippen LogP contribution >= 0.6 is 0 Å². The third kappa shape index (κ3) is 2.74. The van der Waals surface area contributed by atoms with Gasteiger partial charge in [0.1, 0.15) is 5.58 Å². The lowest BCUT2D eigenvalue weighted by Crippen LogP contribution is -2.36. The molecule has 3 rings (SSSR count). The van der Waals surface area contributed by atoms with Crippen LogP contribution in [-0.2, 0) is 4.74 Å². The standard InChI is InChI=1S/C17H21NO4/c1-11-3-4-14-12(2)16(22-15(14)7-11)17(20)18-5-6-21-10-13(8-18)9-19/h3-4,7,13,19H,5-6,8-10H2,1-2H3/t13-/m1/s1. The number of hydrogen-bond acceptors (Lipinski definition) is 4. The first-order valence-corrected chi connectivity index (χ1v) is 7.57. The lowest BCUT2D eigenvalue weighted by atomic mass is 10.1. The fourth-order valence-corrected chi connectivity index (χ4v) is 2.86. The van der Waals surface area contributed by atoms with Crippen LogP contribution in [0.3, 0.4) is 0 Å². The Bertz CT molecular complexity index is 691. The molecule has 0 radical (unpaired) electrons. The highest BCUT2D eigenvalue weighted by Crippen LogP contribution is 2.27. The van der Waals surface area contributed by atoms with E-state index in [9.17, 15) is 9.90 Å². The van der Waals surface area contributed by atoms with Crippen LogP contribution in [0.4, 0.5) is 0 Å². The molecule has 1 saturated heterocycles. The van der Waals surface area contributed by atoms with E-state index in [-0.39, 0.29) is 18.4 Å². The highest BCUT2D eigenvalue weighted by molar-refractivity contribution is 5.99. The van der Waals surface area contributed by atoms with E-state index >= 15 is 0 Å². The van der Waals surface area contributed by atoms with Crippen LogP contribution in [0.1, 0.15) is 21.7 Å². The van der Waals surface area contributed by atoms with Gasteiger partial charge in [-0.25, -0.2) is 0 Å². The smallest absolute Gasteiger partial charge is 0.289 e. The predicted molar refractivity (Wildman–Crippen MR) is 83.0 cm³/mol. The van der Waals surface area contributed by atoms with Gasteiger partial charge in [-0.3, -0.25) is 4.79 Å². The number of carbonyl (C=O) groups excluding carboxylic acids is 1. The van der Waals surface area contributed by atoms with E-state index in [1.807, 2.05) is 32.0 Å². The second kappa shape index (κ2) is 6.10. The van der Waals surface area contributed by atoms with Gasteiger partial charge in [-0.05, 0) is 25.5 Å². The minimum atomic E-state index is -0.129. The first-order valence-electron chi connectivity index (χ1n) is 7.57. The fraction of sp³-hybridized carbons (Fsp3) is 0.471. The number of aliphatic hydroxyl groups excluding tert-OH is 1. The number of hydrogen-bond donors (Lipinski definition) is 1. The molecule has 1 aliphatic rings. The molecule has 1 aliphatic heterocycles. The Balaban J connectivity index is 1.92. The van der Waals surface area contributed by atoms with Gasteiger partial charge < -0.3 is 19.2 Å². The maximum absolute atomic E-state index is 12.8. The molecule has 0 spiro atoms. The van der Waals surface area contributed by atoms with Gasteiger partial charge in [0.2, 0.25) is 0 Å². The van der Waals surface area contributed by atoms with Gasteiger partial charge in [-0.2, -0.15) is 0 Å². The van der Waals surface area contributed by atoms with Crippen LogP contribution in [0.5, 0.6) is 0 Å². The van der Waals surface area contributed by atoms with Crippen molar-refractivity contribution >= 4 is 16.9 Å². The molecule has 118 valence electrons. The largest absolute Gasteiger partial charge is 0.451 e. The molecule has 1 aromatic heterocycles. The topological polar surface area (TPSA) is 62.9 Å². The monoisotopic (exact) mass is 303 g/mol. The van der Waals surface area contributed by atoms with Gasteiger partial charge in [0.25, 0.3) is 5.91 Å². The molecule has 5 nitrogen and oxygen atoms in total. The zero-order valence-electron chi connectivity index (χ0n) is 13.0. The van der Waals surface area contributed by atoms with Crippen LogP contribution in [-0.4, -0.2) is 48.8 Å². The maximum Gasteiger partial charge on any atom is 0.289 e. The number of aliphatic hydroxyl groups is 1. The number of ether oxygens (including phenoxy) is 1. The summed E-state index contributed by atoms with van der Waals surface area (Å²) < 4.78 is 11.2. The molecule has 22 heavy (non-hydrogen) atoms. The Labute approximate surface area is 129 Å². The van der Waals surface area contributed by atoms with Crippen molar-refractivity contribution in [3.05, 3.63) is 35.1 Å². The summed E-state index contributed by atoms with van der Waals surface area (Å²) in [5.41, 5.74) is 2.71. The molecule has 1 atom stereocenters. The summed E-state index contributed by atoms with van der Waals surface area (Å²) in [4.78, 5) is 14.5. The molecule has 1 N–H and O–H groups in total. The first kappa shape index (κ1) is 15.1. The van der Waals surface area contributed by atoms with E-state index in [0.717, 1.165) is 22.1 Å². The van der Waals surface area contributed by atoms with Crippen LogP contribution in [0.15, 0.2) is 22.6 Å². The zero-order valence-corrected chi connectivity index (χ0v) is 13.0. The molecule has 1 aromatic carbocycles. The number of benzene rings is 1. The normalized spacial score (nSPS) is 19.4. The molecule has 0 bridgehead atoms. The van der Waals surface area contributed by atoms with E-state index in [1.54, 1.807) is 4.90 Å². The zero-order chi connectivity index (χ0) is 15.7. The summed E-state index contributed by atoms with van der Waals surface area (Å²) >= 11 is 0. The van der Waals surface area contributed by atoms with E-state index in [0.29, 0.717) is 32.1 Å². The number of carbonyl (C=O) groups is 1. The molecular formula is C17H21NO4. The summed E-state index contributed by atoms with van der Waals surface area (Å²) in [5, 5.41) is 10.3. The highest BCUT2D eigenvalue weighted by Gasteiger charge is 2.27. The van der Waals surface area contributed by atoms with Crippen LogP contribution in [0, 0.1) is 19.8 Å². The fourth-order valence-electron chi connectivity index (χ4n) is 2.86. The van der Waals surface area contributed by atoms with E-state index in [1.165, 1.54) is 0 Å². The van der Waals surface area contributed by atoms with E-state index < -0.39 is 0 Å². The lowest BCUT2D eigenvalue weighted by molar-refractivity contribution is 0.0698. The third-order valence-electron chi connectivity index (χ3n) is 4.17. The second-order valence-electron chi connectivity index (χ2n) is 5.93. The number of rotatable bonds is 2. The summed E-state index contributed by atoms with van der Waals surface area (Å²) in [5.74, 6) is 0.216. The van der Waals surface area contributed by atoms with Crippen molar-refractivity contribution in [2.24, 2.45) is 5.92 Å². The van der Waals surface area contributed by atoms with Crippen molar-refractivity contribution < 1.29 is 19.1 Å². The van der Waals surface area contributed by atoms with Gasteiger partial charge >= 0.3 is 0 Å². The molecule has 0 unspecified atom stereocenters. The number of fused-ring (bicyclic) bond motifs is 1. The third-order valence-corrected chi connectivity index (χ3v) is 4.17. The van der Waals surface area contributed by atoms with Crippen molar-refractivity contribution in [1.82, 2.24) is 4.90 Å². The number of nitrogens with zero attached hydrogens (tertiary/aromatic N) is 1. The SMILES string of the molecule is Cc1ccc2c(C)c(C(=O)N3CCOC[C@@H](CO)C3)oc2c1. The van der Waals surface area contributed by atoms with Gasteiger partial charge in [-0.1, -0.05) is 12.1 Å². The molecule has 2 heterocycles. The molecule has 0 saturated carbocycles. The molecular weight excluding hydrogens is 282 g/mol. The molecule has 2 aromatic rings.